The molecule has 0 spiro atoms. The van der Waals surface area contributed by atoms with Crippen molar-refractivity contribution in [2.24, 2.45) is 5.73 Å². The van der Waals surface area contributed by atoms with Crippen molar-refractivity contribution in [1.29, 1.82) is 0 Å². The van der Waals surface area contributed by atoms with Crippen LogP contribution in [0.15, 0.2) is 0 Å². The summed E-state index contributed by atoms with van der Waals surface area (Å²) in [6.45, 7) is 2.22. The zero-order valence-corrected chi connectivity index (χ0v) is 9.32. The second-order valence-electron chi connectivity index (χ2n) is 3.36. The van der Waals surface area contributed by atoms with E-state index in [-0.39, 0.29) is 18.2 Å². The maximum Gasteiger partial charge on any atom is 0.224 e. The van der Waals surface area contributed by atoms with Gasteiger partial charge in [-0.3, -0.25) is 4.79 Å². The molecule has 0 aromatic heterocycles. The van der Waals surface area contributed by atoms with Gasteiger partial charge in [-0.05, 0) is 6.92 Å². The molecule has 0 aromatic rings. The second kappa shape index (κ2) is 6.75. The number of ether oxygens (including phenoxy) is 2. The van der Waals surface area contributed by atoms with Crippen LogP contribution in [0.3, 0.4) is 0 Å². The first kappa shape index (κ1) is 13.4. The minimum Gasteiger partial charge on any atom is -0.354 e. The summed E-state index contributed by atoms with van der Waals surface area (Å²) in [4.78, 5) is 13.0. The normalized spacial score (nSPS) is 13.0. The molecule has 0 radical (unpaired) electrons. The van der Waals surface area contributed by atoms with Crippen molar-refractivity contribution in [2.45, 2.75) is 25.7 Å². The van der Waals surface area contributed by atoms with Crippen LogP contribution < -0.4 is 5.73 Å². The predicted octanol–water partition coefficient (Wildman–Crippen LogP) is -0.199. The van der Waals surface area contributed by atoms with E-state index in [0.29, 0.717) is 13.0 Å². The number of nitrogens with zero attached hydrogens (tertiary/aromatic N) is 1. The average Bonchev–Trinajstić information content (AvgIpc) is 2.12. The highest BCUT2D eigenvalue weighted by atomic mass is 16.7. The average molecular weight is 204 g/mol. The summed E-state index contributed by atoms with van der Waals surface area (Å²) in [5.74, 6) is -0.000833. The van der Waals surface area contributed by atoms with E-state index in [1.807, 2.05) is 0 Å². The van der Waals surface area contributed by atoms with Crippen LogP contribution in [-0.2, 0) is 14.3 Å². The smallest absolute Gasteiger partial charge is 0.224 e. The number of carbonyl (C=O) groups is 1. The van der Waals surface area contributed by atoms with Gasteiger partial charge in [0, 0.05) is 33.7 Å². The molecule has 14 heavy (non-hydrogen) atoms. The number of nitrogens with two attached hydrogens (primary N) is 1. The van der Waals surface area contributed by atoms with Crippen molar-refractivity contribution >= 4 is 5.91 Å². The van der Waals surface area contributed by atoms with Gasteiger partial charge in [0.05, 0.1) is 6.54 Å². The summed E-state index contributed by atoms with van der Waals surface area (Å²) in [5, 5.41) is 0. The molecule has 0 heterocycles. The molecule has 1 atom stereocenters. The van der Waals surface area contributed by atoms with Crippen LogP contribution in [0.5, 0.6) is 0 Å². The number of methoxy groups -OCH3 is 2. The molecule has 0 bridgehead atoms. The van der Waals surface area contributed by atoms with Crippen LogP contribution in [0, 0.1) is 0 Å². The van der Waals surface area contributed by atoms with Crippen molar-refractivity contribution in [3.05, 3.63) is 0 Å². The SMILES string of the molecule is COC(CN(C)C(=O)CC(C)N)OC. The lowest BCUT2D eigenvalue weighted by Gasteiger charge is -2.22. The third-order valence-corrected chi connectivity index (χ3v) is 1.87. The van der Waals surface area contributed by atoms with E-state index < -0.39 is 0 Å². The Kier molecular flexibility index (Phi) is 6.44. The highest BCUT2D eigenvalue weighted by Crippen LogP contribution is 1.99. The van der Waals surface area contributed by atoms with Crippen LogP contribution in [0.4, 0.5) is 0 Å². The van der Waals surface area contributed by atoms with Crippen LogP contribution in [0.25, 0.3) is 0 Å². The van der Waals surface area contributed by atoms with Gasteiger partial charge >= 0.3 is 0 Å². The summed E-state index contributed by atoms with van der Waals surface area (Å²) < 4.78 is 9.96. The Hall–Kier alpha value is -0.650. The predicted molar refractivity (Wildman–Crippen MR) is 53.7 cm³/mol. The van der Waals surface area contributed by atoms with Crippen molar-refractivity contribution < 1.29 is 14.3 Å². The number of hydrogen-bond donors (Lipinski definition) is 1. The highest BCUT2D eigenvalue weighted by molar-refractivity contribution is 5.76. The Bertz CT molecular complexity index is 169. The molecule has 0 rings (SSSR count). The molecule has 0 aliphatic heterocycles. The summed E-state index contributed by atoms with van der Waals surface area (Å²) in [6, 6.07) is -0.117. The topological polar surface area (TPSA) is 64.8 Å². The maximum atomic E-state index is 11.5. The number of hydrogen-bond acceptors (Lipinski definition) is 4. The van der Waals surface area contributed by atoms with E-state index in [4.69, 9.17) is 15.2 Å². The minimum atomic E-state index is -0.378. The molecule has 0 aliphatic carbocycles. The zero-order chi connectivity index (χ0) is 11.1. The van der Waals surface area contributed by atoms with E-state index in [1.54, 1.807) is 18.9 Å². The minimum absolute atomic E-state index is 0.000833. The van der Waals surface area contributed by atoms with Gasteiger partial charge in [-0.1, -0.05) is 0 Å². The maximum absolute atomic E-state index is 11.5. The first-order chi connectivity index (χ1) is 6.51. The molecule has 84 valence electrons. The number of rotatable bonds is 6. The van der Waals surface area contributed by atoms with Crippen molar-refractivity contribution in [3.8, 4) is 0 Å². The largest absolute Gasteiger partial charge is 0.354 e. The van der Waals surface area contributed by atoms with Crippen LogP contribution in [-0.4, -0.2) is 51.0 Å². The van der Waals surface area contributed by atoms with Crippen molar-refractivity contribution in [1.82, 2.24) is 4.90 Å². The Morgan fingerprint density at radius 3 is 2.29 bits per heavy atom. The molecule has 0 aliphatic rings. The molecule has 5 heteroatoms. The fraction of sp³-hybridized carbons (Fsp3) is 0.889. The molecule has 0 saturated heterocycles. The van der Waals surface area contributed by atoms with Crippen LogP contribution in [0.2, 0.25) is 0 Å². The lowest BCUT2D eigenvalue weighted by molar-refractivity contribution is -0.143. The molecule has 5 nitrogen and oxygen atoms in total. The van der Waals surface area contributed by atoms with Gasteiger partial charge < -0.3 is 20.1 Å². The molecule has 0 aromatic carbocycles. The fourth-order valence-corrected chi connectivity index (χ4v) is 1.00. The number of likely N-dealkylation sites (N-methyl/N-ethyl adjacent to an activating group) is 1. The second-order valence-corrected chi connectivity index (χ2v) is 3.36. The van der Waals surface area contributed by atoms with E-state index in [2.05, 4.69) is 0 Å². The van der Waals surface area contributed by atoms with Crippen LogP contribution >= 0.6 is 0 Å². The fourth-order valence-electron chi connectivity index (χ4n) is 1.00. The molecular formula is C9H20N2O3. The Labute approximate surface area is 85.1 Å². The first-order valence-electron chi connectivity index (χ1n) is 4.56. The molecule has 0 saturated carbocycles. The van der Waals surface area contributed by atoms with E-state index >= 15 is 0 Å². The standard InChI is InChI=1S/C9H20N2O3/c1-7(10)5-8(12)11(2)6-9(13-3)14-4/h7,9H,5-6,10H2,1-4H3. The van der Waals surface area contributed by atoms with Gasteiger partial charge in [-0.15, -0.1) is 0 Å². The molecular weight excluding hydrogens is 184 g/mol. The molecule has 1 amide bonds. The number of amides is 1. The Morgan fingerprint density at radius 2 is 1.93 bits per heavy atom. The quantitative estimate of drug-likeness (QED) is 0.609. The Balaban J connectivity index is 3.93. The lowest BCUT2D eigenvalue weighted by atomic mass is 10.2. The van der Waals surface area contributed by atoms with Gasteiger partial charge in [-0.2, -0.15) is 0 Å². The summed E-state index contributed by atoms with van der Waals surface area (Å²) in [7, 11) is 4.78. The zero-order valence-electron chi connectivity index (χ0n) is 9.32. The molecule has 1 unspecified atom stereocenters. The van der Waals surface area contributed by atoms with E-state index in [9.17, 15) is 4.79 Å². The van der Waals surface area contributed by atoms with Gasteiger partial charge in [0.1, 0.15) is 0 Å². The van der Waals surface area contributed by atoms with E-state index in [0.717, 1.165) is 0 Å². The summed E-state index contributed by atoms with van der Waals surface area (Å²) in [5.41, 5.74) is 5.52. The molecule has 0 fully saturated rings. The third-order valence-electron chi connectivity index (χ3n) is 1.87. The molecule has 2 N–H and O–H groups in total. The first-order valence-corrected chi connectivity index (χ1v) is 4.56. The van der Waals surface area contributed by atoms with Gasteiger partial charge in [0.25, 0.3) is 0 Å². The number of carbonyl (C=O) groups excluding carboxylic acids is 1. The van der Waals surface area contributed by atoms with Gasteiger partial charge in [0.15, 0.2) is 6.29 Å². The highest BCUT2D eigenvalue weighted by Gasteiger charge is 2.15. The Morgan fingerprint density at radius 1 is 1.43 bits per heavy atom. The van der Waals surface area contributed by atoms with Gasteiger partial charge in [-0.25, -0.2) is 0 Å². The lowest BCUT2D eigenvalue weighted by Crippen LogP contribution is -2.38. The summed E-state index contributed by atoms with van der Waals surface area (Å²) >= 11 is 0. The van der Waals surface area contributed by atoms with Crippen LogP contribution in [0.1, 0.15) is 13.3 Å². The monoisotopic (exact) mass is 204 g/mol. The third kappa shape index (κ3) is 5.16. The van der Waals surface area contributed by atoms with Crippen molar-refractivity contribution in [3.63, 3.8) is 0 Å². The van der Waals surface area contributed by atoms with Gasteiger partial charge in [0.2, 0.25) is 5.91 Å². The van der Waals surface area contributed by atoms with E-state index in [1.165, 1.54) is 14.2 Å². The van der Waals surface area contributed by atoms with Crippen molar-refractivity contribution in [2.75, 3.05) is 27.8 Å². The summed E-state index contributed by atoms with van der Waals surface area (Å²) in [6.07, 6.45) is -0.0339.